The van der Waals surface area contributed by atoms with Crippen molar-refractivity contribution in [3.05, 3.63) is 12.7 Å². The molecular weight excluding hydrogens is 146 g/mol. The van der Waals surface area contributed by atoms with Crippen molar-refractivity contribution in [3.63, 3.8) is 0 Å². The first-order chi connectivity index (χ1) is 5.67. The first-order valence-corrected chi connectivity index (χ1v) is 4.95. The molecule has 3 atom stereocenters. The molecule has 0 fully saturated rings. The van der Waals surface area contributed by atoms with Gasteiger partial charge in [0.25, 0.3) is 0 Å². The molecule has 0 bridgehead atoms. The second-order valence-corrected chi connectivity index (χ2v) is 3.70. The van der Waals surface area contributed by atoms with Crippen molar-refractivity contribution in [2.75, 3.05) is 7.05 Å². The normalized spacial score (nSPS) is 18.3. The molecule has 0 saturated heterocycles. The Bertz CT molecular complexity index is 120. The molecular formula is C11H23N. The summed E-state index contributed by atoms with van der Waals surface area (Å²) >= 11 is 0. The van der Waals surface area contributed by atoms with Gasteiger partial charge in [-0.25, -0.2) is 0 Å². The molecule has 12 heavy (non-hydrogen) atoms. The molecule has 72 valence electrons. The largest absolute Gasteiger partial charge is 0.316 e. The molecule has 0 spiro atoms. The number of nitrogens with one attached hydrogen (secondary N) is 1. The highest BCUT2D eigenvalue weighted by Gasteiger charge is 2.19. The Labute approximate surface area is 77.2 Å². The molecule has 1 heteroatoms. The molecule has 0 aromatic rings. The van der Waals surface area contributed by atoms with Crippen LogP contribution < -0.4 is 5.32 Å². The van der Waals surface area contributed by atoms with Crippen molar-refractivity contribution in [1.82, 2.24) is 5.32 Å². The molecule has 0 aromatic carbocycles. The maximum Gasteiger partial charge on any atom is 0.0118 e. The molecule has 0 aliphatic carbocycles. The first-order valence-electron chi connectivity index (χ1n) is 4.95. The minimum absolute atomic E-state index is 0.632. The number of rotatable bonds is 6. The van der Waals surface area contributed by atoms with Gasteiger partial charge in [0.1, 0.15) is 0 Å². The lowest BCUT2D eigenvalue weighted by Crippen LogP contribution is -2.37. The van der Waals surface area contributed by atoms with E-state index in [-0.39, 0.29) is 0 Å². The van der Waals surface area contributed by atoms with Crippen LogP contribution in [0.2, 0.25) is 0 Å². The van der Waals surface area contributed by atoms with E-state index in [1.165, 1.54) is 6.42 Å². The van der Waals surface area contributed by atoms with Gasteiger partial charge in [0, 0.05) is 6.04 Å². The van der Waals surface area contributed by atoms with Crippen molar-refractivity contribution in [2.45, 2.75) is 39.7 Å². The Kier molecular flexibility index (Phi) is 6.09. The zero-order chi connectivity index (χ0) is 9.56. The SMILES string of the molecule is C=CCC(C)[C@@H](NC)C(C)CC. The Morgan fingerprint density at radius 3 is 2.25 bits per heavy atom. The van der Waals surface area contributed by atoms with Gasteiger partial charge in [0.15, 0.2) is 0 Å². The summed E-state index contributed by atoms with van der Waals surface area (Å²) in [5.74, 6) is 1.45. The van der Waals surface area contributed by atoms with Gasteiger partial charge in [-0.05, 0) is 25.3 Å². The van der Waals surface area contributed by atoms with Crippen LogP contribution in [-0.4, -0.2) is 13.1 Å². The molecule has 0 saturated carbocycles. The monoisotopic (exact) mass is 169 g/mol. The van der Waals surface area contributed by atoms with Gasteiger partial charge in [-0.3, -0.25) is 0 Å². The summed E-state index contributed by atoms with van der Waals surface area (Å²) < 4.78 is 0. The lowest BCUT2D eigenvalue weighted by molar-refractivity contribution is 0.294. The highest BCUT2D eigenvalue weighted by Crippen LogP contribution is 2.18. The van der Waals surface area contributed by atoms with Crippen molar-refractivity contribution in [2.24, 2.45) is 11.8 Å². The lowest BCUT2D eigenvalue weighted by Gasteiger charge is -2.28. The fourth-order valence-electron chi connectivity index (χ4n) is 1.79. The number of hydrogen-bond acceptors (Lipinski definition) is 1. The highest BCUT2D eigenvalue weighted by molar-refractivity contribution is 4.81. The topological polar surface area (TPSA) is 12.0 Å². The first kappa shape index (κ1) is 11.7. The van der Waals surface area contributed by atoms with Gasteiger partial charge < -0.3 is 5.32 Å². The van der Waals surface area contributed by atoms with Crippen LogP contribution in [0, 0.1) is 11.8 Å². The van der Waals surface area contributed by atoms with Gasteiger partial charge in [0.2, 0.25) is 0 Å². The van der Waals surface area contributed by atoms with E-state index in [9.17, 15) is 0 Å². The van der Waals surface area contributed by atoms with Gasteiger partial charge in [-0.2, -0.15) is 0 Å². The average Bonchev–Trinajstić information content (AvgIpc) is 2.06. The van der Waals surface area contributed by atoms with Crippen LogP contribution in [0.3, 0.4) is 0 Å². The minimum atomic E-state index is 0.632. The van der Waals surface area contributed by atoms with Crippen LogP contribution >= 0.6 is 0 Å². The zero-order valence-corrected chi connectivity index (χ0v) is 8.93. The van der Waals surface area contributed by atoms with E-state index < -0.39 is 0 Å². The quantitative estimate of drug-likeness (QED) is 0.603. The highest BCUT2D eigenvalue weighted by atomic mass is 14.9. The van der Waals surface area contributed by atoms with E-state index in [2.05, 4.69) is 39.7 Å². The Hall–Kier alpha value is -0.300. The van der Waals surface area contributed by atoms with E-state index in [4.69, 9.17) is 0 Å². The molecule has 0 radical (unpaired) electrons. The Morgan fingerprint density at radius 2 is 1.92 bits per heavy atom. The van der Waals surface area contributed by atoms with Gasteiger partial charge >= 0.3 is 0 Å². The van der Waals surface area contributed by atoms with E-state index in [1.807, 2.05) is 6.08 Å². The molecule has 0 aliphatic heterocycles. The molecule has 0 amide bonds. The second kappa shape index (κ2) is 6.24. The fraction of sp³-hybridized carbons (Fsp3) is 0.818. The summed E-state index contributed by atoms with van der Waals surface area (Å²) in [5, 5.41) is 3.39. The third-order valence-electron chi connectivity index (χ3n) is 2.74. The average molecular weight is 169 g/mol. The van der Waals surface area contributed by atoms with Crippen LogP contribution in [0.15, 0.2) is 12.7 Å². The molecule has 0 rings (SSSR count). The van der Waals surface area contributed by atoms with Crippen LogP contribution in [0.5, 0.6) is 0 Å². The third-order valence-corrected chi connectivity index (χ3v) is 2.74. The summed E-state index contributed by atoms with van der Waals surface area (Å²) in [6.07, 6.45) is 4.36. The summed E-state index contributed by atoms with van der Waals surface area (Å²) in [6, 6.07) is 0.632. The van der Waals surface area contributed by atoms with E-state index in [0.717, 1.165) is 12.3 Å². The van der Waals surface area contributed by atoms with Crippen molar-refractivity contribution in [3.8, 4) is 0 Å². The predicted molar refractivity (Wildman–Crippen MR) is 56.3 cm³/mol. The summed E-state index contributed by atoms with van der Waals surface area (Å²) in [6.45, 7) is 10.6. The molecule has 0 aliphatic rings. The summed E-state index contributed by atoms with van der Waals surface area (Å²) in [5.41, 5.74) is 0. The smallest absolute Gasteiger partial charge is 0.0118 e. The Morgan fingerprint density at radius 1 is 1.33 bits per heavy atom. The summed E-state index contributed by atoms with van der Waals surface area (Å²) in [4.78, 5) is 0. The maximum absolute atomic E-state index is 3.77. The standard InChI is InChI=1S/C11H23N/c1-6-8-10(4)11(12-5)9(3)7-2/h6,9-12H,1,7-8H2,2-5H3/t9?,10?,11-/m0/s1. The van der Waals surface area contributed by atoms with Gasteiger partial charge in [-0.1, -0.05) is 33.3 Å². The molecule has 0 heterocycles. The van der Waals surface area contributed by atoms with E-state index >= 15 is 0 Å². The van der Waals surface area contributed by atoms with Gasteiger partial charge in [-0.15, -0.1) is 6.58 Å². The second-order valence-electron chi connectivity index (χ2n) is 3.70. The predicted octanol–water partition coefficient (Wildman–Crippen LogP) is 2.83. The summed E-state index contributed by atoms with van der Waals surface area (Å²) in [7, 11) is 2.05. The number of allylic oxidation sites excluding steroid dienone is 1. The third kappa shape index (κ3) is 3.40. The molecule has 0 aromatic heterocycles. The number of hydrogen-bond donors (Lipinski definition) is 1. The van der Waals surface area contributed by atoms with Crippen molar-refractivity contribution >= 4 is 0 Å². The van der Waals surface area contributed by atoms with Crippen LogP contribution in [0.4, 0.5) is 0 Å². The minimum Gasteiger partial charge on any atom is -0.316 e. The van der Waals surface area contributed by atoms with Crippen molar-refractivity contribution in [1.29, 1.82) is 0 Å². The lowest BCUT2D eigenvalue weighted by atomic mass is 9.87. The van der Waals surface area contributed by atoms with Gasteiger partial charge in [0.05, 0.1) is 0 Å². The molecule has 1 nitrogen and oxygen atoms in total. The van der Waals surface area contributed by atoms with Crippen LogP contribution in [-0.2, 0) is 0 Å². The maximum atomic E-state index is 3.77. The fourth-order valence-corrected chi connectivity index (χ4v) is 1.79. The molecule has 2 unspecified atom stereocenters. The van der Waals surface area contributed by atoms with E-state index in [0.29, 0.717) is 12.0 Å². The zero-order valence-electron chi connectivity index (χ0n) is 8.93. The Balaban J connectivity index is 4.02. The van der Waals surface area contributed by atoms with Crippen molar-refractivity contribution < 1.29 is 0 Å². The van der Waals surface area contributed by atoms with Crippen LogP contribution in [0.25, 0.3) is 0 Å². The van der Waals surface area contributed by atoms with Crippen LogP contribution in [0.1, 0.15) is 33.6 Å². The molecule has 1 N–H and O–H groups in total. The van der Waals surface area contributed by atoms with E-state index in [1.54, 1.807) is 0 Å².